The molecule has 0 fully saturated rings. The molecule has 3 nitrogen and oxygen atoms in total. The number of fused-ring (bicyclic) bond motifs is 1. The second-order valence-corrected chi connectivity index (χ2v) is 5.47. The van der Waals surface area contributed by atoms with E-state index in [1.54, 1.807) is 0 Å². The third kappa shape index (κ3) is 4.02. The fourth-order valence-corrected chi connectivity index (χ4v) is 2.83. The molecule has 1 aliphatic heterocycles. The van der Waals surface area contributed by atoms with Gasteiger partial charge in [-0.15, -0.1) is 0 Å². The van der Waals surface area contributed by atoms with Gasteiger partial charge in [-0.2, -0.15) is 0 Å². The fraction of sp³-hybridized carbons (Fsp3) is 0.688. The van der Waals surface area contributed by atoms with E-state index < -0.39 is 0 Å². The first-order valence-electron chi connectivity index (χ1n) is 7.63. The van der Waals surface area contributed by atoms with E-state index in [-0.39, 0.29) is 0 Å². The van der Waals surface area contributed by atoms with E-state index in [1.807, 2.05) is 0 Å². The van der Waals surface area contributed by atoms with E-state index in [2.05, 4.69) is 47.7 Å². The van der Waals surface area contributed by atoms with Gasteiger partial charge < -0.3 is 4.90 Å². The highest BCUT2D eigenvalue weighted by Gasteiger charge is 2.16. The maximum atomic E-state index is 4.65. The number of hydrogen-bond donors (Lipinski definition) is 0. The summed E-state index contributed by atoms with van der Waals surface area (Å²) in [5.74, 6) is 0. The van der Waals surface area contributed by atoms with Crippen LogP contribution in [0.1, 0.15) is 37.2 Å². The third-order valence-corrected chi connectivity index (χ3v) is 4.11. The molecule has 0 amide bonds. The molecule has 19 heavy (non-hydrogen) atoms. The molecule has 0 aliphatic carbocycles. The summed E-state index contributed by atoms with van der Waals surface area (Å²) in [7, 11) is 0. The average molecular weight is 261 g/mol. The summed E-state index contributed by atoms with van der Waals surface area (Å²) in [5, 5.41) is 0. The lowest BCUT2D eigenvalue weighted by Gasteiger charge is -2.29. The van der Waals surface area contributed by atoms with Crippen LogP contribution < -0.4 is 0 Å². The Bertz CT molecular complexity index is 399. The highest BCUT2D eigenvalue weighted by molar-refractivity contribution is 5.24. The molecular formula is C16H27N3. The van der Waals surface area contributed by atoms with E-state index in [4.69, 9.17) is 0 Å². The Morgan fingerprint density at radius 2 is 2.05 bits per heavy atom. The van der Waals surface area contributed by atoms with Gasteiger partial charge in [0.05, 0.1) is 0 Å². The summed E-state index contributed by atoms with van der Waals surface area (Å²) in [6.45, 7) is 13.6. The summed E-state index contributed by atoms with van der Waals surface area (Å²) in [6.07, 6.45) is 2.39. The molecule has 0 saturated carbocycles. The highest BCUT2D eigenvalue weighted by atomic mass is 15.1. The van der Waals surface area contributed by atoms with Gasteiger partial charge in [0.15, 0.2) is 0 Å². The standard InChI is InChI=1S/C16H27N3/c1-4-18(5-2)10-6-11-19-12-9-16-15(13-19)8-7-14(3)17-16/h7-8H,4-6,9-13H2,1-3H3. The molecule has 3 heteroatoms. The molecule has 0 radical (unpaired) electrons. The average Bonchev–Trinajstić information content (AvgIpc) is 2.43. The molecule has 0 spiro atoms. The Balaban J connectivity index is 1.80. The van der Waals surface area contributed by atoms with Crippen molar-refractivity contribution in [2.75, 3.05) is 32.7 Å². The maximum Gasteiger partial charge on any atom is 0.0464 e. The summed E-state index contributed by atoms with van der Waals surface area (Å²) in [4.78, 5) is 9.72. The number of aromatic nitrogens is 1. The van der Waals surface area contributed by atoms with E-state index in [9.17, 15) is 0 Å². The van der Waals surface area contributed by atoms with E-state index in [1.165, 1.54) is 50.4 Å². The lowest BCUT2D eigenvalue weighted by atomic mass is 10.0. The minimum atomic E-state index is 1.08. The zero-order chi connectivity index (χ0) is 13.7. The first-order valence-corrected chi connectivity index (χ1v) is 7.63. The number of hydrogen-bond acceptors (Lipinski definition) is 3. The van der Waals surface area contributed by atoms with Gasteiger partial charge in [-0.25, -0.2) is 0 Å². The minimum absolute atomic E-state index is 1.08. The van der Waals surface area contributed by atoms with Crippen LogP contribution in [0.3, 0.4) is 0 Å². The Morgan fingerprint density at radius 3 is 2.79 bits per heavy atom. The Labute approximate surface area is 117 Å². The van der Waals surface area contributed by atoms with Crippen LogP contribution in [0.5, 0.6) is 0 Å². The smallest absolute Gasteiger partial charge is 0.0464 e. The normalized spacial score (nSPS) is 15.8. The quantitative estimate of drug-likeness (QED) is 0.784. The van der Waals surface area contributed by atoms with Gasteiger partial charge in [-0.1, -0.05) is 19.9 Å². The largest absolute Gasteiger partial charge is 0.304 e. The Morgan fingerprint density at radius 1 is 1.26 bits per heavy atom. The van der Waals surface area contributed by atoms with Crippen molar-refractivity contribution < 1.29 is 0 Å². The molecule has 1 aromatic rings. The summed E-state index contributed by atoms with van der Waals surface area (Å²) in [5.41, 5.74) is 3.90. The summed E-state index contributed by atoms with van der Waals surface area (Å²) < 4.78 is 0. The molecule has 1 aliphatic rings. The van der Waals surface area contributed by atoms with Crippen molar-refractivity contribution in [2.24, 2.45) is 0 Å². The molecule has 2 heterocycles. The van der Waals surface area contributed by atoms with Gasteiger partial charge in [0.1, 0.15) is 0 Å². The minimum Gasteiger partial charge on any atom is -0.304 e. The van der Waals surface area contributed by atoms with Crippen molar-refractivity contribution >= 4 is 0 Å². The molecule has 0 N–H and O–H groups in total. The Hall–Kier alpha value is -0.930. The zero-order valence-corrected chi connectivity index (χ0v) is 12.7. The van der Waals surface area contributed by atoms with Gasteiger partial charge in [-0.3, -0.25) is 9.88 Å². The second kappa shape index (κ2) is 7.01. The topological polar surface area (TPSA) is 19.4 Å². The van der Waals surface area contributed by atoms with Crippen molar-refractivity contribution in [3.05, 3.63) is 29.1 Å². The molecule has 0 bridgehead atoms. The molecule has 1 aromatic heterocycles. The van der Waals surface area contributed by atoms with Crippen LogP contribution in [-0.2, 0) is 13.0 Å². The highest BCUT2D eigenvalue weighted by Crippen LogP contribution is 2.17. The molecular weight excluding hydrogens is 234 g/mol. The first kappa shape index (κ1) is 14.5. The van der Waals surface area contributed by atoms with Crippen molar-refractivity contribution in [1.29, 1.82) is 0 Å². The monoisotopic (exact) mass is 261 g/mol. The summed E-state index contributed by atoms with van der Waals surface area (Å²) >= 11 is 0. The van der Waals surface area contributed by atoms with Crippen LogP contribution in [0.25, 0.3) is 0 Å². The number of nitrogens with zero attached hydrogens (tertiary/aromatic N) is 3. The first-order chi connectivity index (χ1) is 9.22. The van der Waals surface area contributed by atoms with Crippen molar-refractivity contribution in [3.63, 3.8) is 0 Å². The fourth-order valence-electron chi connectivity index (χ4n) is 2.83. The van der Waals surface area contributed by atoms with E-state index in [0.29, 0.717) is 0 Å². The van der Waals surface area contributed by atoms with E-state index in [0.717, 1.165) is 18.7 Å². The molecule has 0 aromatic carbocycles. The summed E-state index contributed by atoms with van der Waals surface area (Å²) in [6, 6.07) is 4.40. The van der Waals surface area contributed by atoms with Gasteiger partial charge in [-0.05, 0) is 51.2 Å². The zero-order valence-electron chi connectivity index (χ0n) is 12.7. The Kier molecular flexibility index (Phi) is 5.34. The van der Waals surface area contributed by atoms with Gasteiger partial charge in [0, 0.05) is 30.9 Å². The van der Waals surface area contributed by atoms with Crippen LogP contribution in [0.4, 0.5) is 0 Å². The molecule has 0 unspecified atom stereocenters. The van der Waals surface area contributed by atoms with Crippen LogP contribution in [0.2, 0.25) is 0 Å². The van der Waals surface area contributed by atoms with Crippen molar-refractivity contribution in [2.45, 2.75) is 40.2 Å². The van der Waals surface area contributed by atoms with Crippen LogP contribution in [0, 0.1) is 6.92 Å². The van der Waals surface area contributed by atoms with Crippen molar-refractivity contribution in [1.82, 2.24) is 14.8 Å². The van der Waals surface area contributed by atoms with Crippen LogP contribution >= 0.6 is 0 Å². The van der Waals surface area contributed by atoms with Gasteiger partial charge in [0.25, 0.3) is 0 Å². The molecule has 2 rings (SSSR count). The van der Waals surface area contributed by atoms with Crippen molar-refractivity contribution in [3.8, 4) is 0 Å². The molecule has 0 atom stereocenters. The number of pyridine rings is 1. The van der Waals surface area contributed by atoms with Crippen LogP contribution in [0.15, 0.2) is 12.1 Å². The lowest BCUT2D eigenvalue weighted by Crippen LogP contribution is -2.34. The number of aryl methyl sites for hydroxylation is 1. The van der Waals surface area contributed by atoms with Gasteiger partial charge >= 0.3 is 0 Å². The second-order valence-electron chi connectivity index (χ2n) is 5.47. The lowest BCUT2D eigenvalue weighted by molar-refractivity contribution is 0.222. The maximum absolute atomic E-state index is 4.65. The SMILES string of the molecule is CCN(CC)CCCN1CCc2nc(C)ccc2C1. The van der Waals surface area contributed by atoms with Crippen LogP contribution in [-0.4, -0.2) is 47.5 Å². The molecule has 0 saturated heterocycles. The van der Waals surface area contributed by atoms with Gasteiger partial charge in [0.2, 0.25) is 0 Å². The van der Waals surface area contributed by atoms with E-state index >= 15 is 0 Å². The molecule has 106 valence electrons. The predicted molar refractivity (Wildman–Crippen MR) is 80.4 cm³/mol. The third-order valence-electron chi connectivity index (χ3n) is 4.11. The number of rotatable bonds is 6. The predicted octanol–water partition coefficient (Wildman–Crippen LogP) is 2.48.